The third-order valence-electron chi connectivity index (χ3n) is 2.72. The number of hydrogen-bond donors (Lipinski definition) is 0. The molecule has 1 rings (SSSR count). The van der Waals surface area contributed by atoms with Gasteiger partial charge in [0.2, 0.25) is 0 Å². The molecule has 0 bridgehead atoms. The van der Waals surface area contributed by atoms with E-state index >= 15 is 0 Å². The van der Waals surface area contributed by atoms with Crippen LogP contribution >= 0.6 is 0 Å². The Morgan fingerprint density at radius 1 is 1.56 bits per heavy atom. The maximum atomic E-state index is 11.0. The van der Waals surface area contributed by atoms with Gasteiger partial charge in [0, 0.05) is 19.5 Å². The summed E-state index contributed by atoms with van der Waals surface area (Å²) in [5, 5.41) is 0. The second-order valence-corrected chi connectivity index (χ2v) is 5.10. The van der Waals surface area contributed by atoms with Crippen LogP contribution in [0.1, 0.15) is 33.6 Å². The van der Waals surface area contributed by atoms with E-state index in [2.05, 4.69) is 30.4 Å². The smallest absolute Gasteiger partial charge is 0.305 e. The Hall–Kier alpha value is -0.610. The lowest BCUT2D eigenvalue weighted by Crippen LogP contribution is -2.51. The summed E-state index contributed by atoms with van der Waals surface area (Å²) in [6.45, 7) is 9.12. The van der Waals surface area contributed by atoms with Crippen molar-refractivity contribution in [2.45, 2.75) is 45.3 Å². The molecule has 94 valence electrons. The fourth-order valence-electron chi connectivity index (χ4n) is 2.31. The molecule has 0 N–H and O–H groups in total. The minimum absolute atomic E-state index is 0.0804. The molecule has 16 heavy (non-hydrogen) atoms. The Morgan fingerprint density at radius 2 is 2.25 bits per heavy atom. The zero-order valence-electron chi connectivity index (χ0n) is 10.8. The second-order valence-electron chi connectivity index (χ2n) is 5.10. The third-order valence-corrected chi connectivity index (χ3v) is 2.72. The number of methoxy groups -OCH3 is 1. The maximum Gasteiger partial charge on any atom is 0.305 e. The van der Waals surface area contributed by atoms with Gasteiger partial charge in [0.05, 0.1) is 18.8 Å². The van der Waals surface area contributed by atoms with E-state index in [9.17, 15) is 4.79 Å². The van der Waals surface area contributed by atoms with E-state index in [0.717, 1.165) is 26.1 Å². The van der Waals surface area contributed by atoms with Gasteiger partial charge in [-0.25, -0.2) is 0 Å². The van der Waals surface area contributed by atoms with Crippen molar-refractivity contribution >= 4 is 5.97 Å². The molecule has 0 saturated carbocycles. The first-order valence-electron chi connectivity index (χ1n) is 5.90. The van der Waals surface area contributed by atoms with Crippen LogP contribution in [0.5, 0.6) is 0 Å². The number of hydrogen-bond acceptors (Lipinski definition) is 4. The zero-order chi connectivity index (χ0) is 12.2. The highest BCUT2D eigenvalue weighted by atomic mass is 16.5. The van der Waals surface area contributed by atoms with Crippen molar-refractivity contribution in [2.75, 3.05) is 26.7 Å². The number of ether oxygens (including phenoxy) is 2. The van der Waals surface area contributed by atoms with Crippen molar-refractivity contribution in [3.8, 4) is 0 Å². The van der Waals surface area contributed by atoms with E-state index in [1.807, 2.05) is 0 Å². The van der Waals surface area contributed by atoms with Gasteiger partial charge in [0.15, 0.2) is 0 Å². The Bertz CT molecular complexity index is 240. The van der Waals surface area contributed by atoms with Crippen LogP contribution in [0, 0.1) is 0 Å². The summed E-state index contributed by atoms with van der Waals surface area (Å²) in [6, 6.07) is 0. The Labute approximate surface area is 97.9 Å². The quantitative estimate of drug-likeness (QED) is 0.684. The first-order chi connectivity index (χ1) is 7.43. The minimum Gasteiger partial charge on any atom is -0.469 e. The molecule has 0 aliphatic carbocycles. The first kappa shape index (κ1) is 13.5. The molecule has 0 spiro atoms. The zero-order valence-corrected chi connectivity index (χ0v) is 10.8. The molecular formula is C12H23NO3. The van der Waals surface area contributed by atoms with Crippen LogP contribution in [-0.2, 0) is 14.3 Å². The van der Waals surface area contributed by atoms with Crippen molar-refractivity contribution in [2.24, 2.45) is 0 Å². The number of carbonyl (C=O) groups is 1. The number of morpholine rings is 1. The molecule has 1 atom stereocenters. The fraction of sp³-hybridized carbons (Fsp3) is 0.917. The molecule has 1 heterocycles. The minimum atomic E-state index is -0.124. The van der Waals surface area contributed by atoms with E-state index in [4.69, 9.17) is 4.74 Å². The van der Waals surface area contributed by atoms with Crippen molar-refractivity contribution in [3.05, 3.63) is 0 Å². The van der Waals surface area contributed by atoms with Crippen LogP contribution in [-0.4, -0.2) is 49.3 Å². The van der Waals surface area contributed by atoms with Crippen molar-refractivity contribution < 1.29 is 14.3 Å². The lowest BCUT2D eigenvalue weighted by atomic mass is 10.1. The van der Waals surface area contributed by atoms with Gasteiger partial charge in [0.25, 0.3) is 0 Å². The molecule has 1 fully saturated rings. The Morgan fingerprint density at radius 3 is 2.81 bits per heavy atom. The van der Waals surface area contributed by atoms with Crippen LogP contribution in [0.15, 0.2) is 0 Å². The molecule has 0 radical (unpaired) electrons. The molecule has 0 aromatic carbocycles. The van der Waals surface area contributed by atoms with Crippen LogP contribution in [0.25, 0.3) is 0 Å². The normalized spacial score (nSPS) is 25.4. The standard InChI is InChI=1S/C12H23NO3/c1-10-8-13(9-12(2,3)16-10)7-5-6-11(14)15-4/h10H,5-9H2,1-4H3. The lowest BCUT2D eigenvalue weighted by molar-refractivity contribution is -0.141. The fourth-order valence-corrected chi connectivity index (χ4v) is 2.31. The predicted octanol–water partition coefficient (Wildman–Crippen LogP) is 1.44. The topological polar surface area (TPSA) is 38.8 Å². The van der Waals surface area contributed by atoms with Crippen molar-refractivity contribution in [1.29, 1.82) is 0 Å². The molecule has 0 amide bonds. The largest absolute Gasteiger partial charge is 0.469 e. The van der Waals surface area contributed by atoms with E-state index in [1.165, 1.54) is 7.11 Å². The molecule has 1 aliphatic heterocycles. The van der Waals surface area contributed by atoms with E-state index in [1.54, 1.807) is 0 Å². The second kappa shape index (κ2) is 5.64. The van der Waals surface area contributed by atoms with Crippen molar-refractivity contribution in [3.63, 3.8) is 0 Å². The summed E-state index contributed by atoms with van der Waals surface area (Å²) < 4.78 is 10.4. The number of nitrogens with zero attached hydrogens (tertiary/aromatic N) is 1. The summed E-state index contributed by atoms with van der Waals surface area (Å²) >= 11 is 0. The highest BCUT2D eigenvalue weighted by Gasteiger charge is 2.30. The van der Waals surface area contributed by atoms with E-state index in [-0.39, 0.29) is 17.7 Å². The number of rotatable bonds is 4. The summed E-state index contributed by atoms with van der Waals surface area (Å²) in [7, 11) is 1.43. The Balaban J connectivity index is 2.29. The summed E-state index contributed by atoms with van der Waals surface area (Å²) in [4.78, 5) is 13.3. The van der Waals surface area contributed by atoms with Gasteiger partial charge < -0.3 is 9.47 Å². The number of carbonyl (C=O) groups excluding carboxylic acids is 1. The van der Waals surface area contributed by atoms with Gasteiger partial charge in [-0.1, -0.05) is 0 Å². The summed E-state index contributed by atoms with van der Waals surface area (Å²) in [5.41, 5.74) is -0.0804. The van der Waals surface area contributed by atoms with Gasteiger partial charge in [-0.2, -0.15) is 0 Å². The van der Waals surface area contributed by atoms with Crippen LogP contribution in [0.2, 0.25) is 0 Å². The lowest BCUT2D eigenvalue weighted by Gasteiger charge is -2.41. The van der Waals surface area contributed by atoms with Gasteiger partial charge in [-0.3, -0.25) is 9.69 Å². The first-order valence-corrected chi connectivity index (χ1v) is 5.90. The van der Waals surface area contributed by atoms with Crippen LogP contribution < -0.4 is 0 Å². The average molecular weight is 229 g/mol. The third kappa shape index (κ3) is 4.49. The van der Waals surface area contributed by atoms with Gasteiger partial charge >= 0.3 is 5.97 Å². The van der Waals surface area contributed by atoms with Gasteiger partial charge in [-0.15, -0.1) is 0 Å². The van der Waals surface area contributed by atoms with Crippen LogP contribution in [0.3, 0.4) is 0 Å². The SMILES string of the molecule is COC(=O)CCCN1CC(C)OC(C)(C)C1. The molecule has 4 heteroatoms. The van der Waals surface area contributed by atoms with E-state index in [0.29, 0.717) is 6.42 Å². The highest BCUT2D eigenvalue weighted by Crippen LogP contribution is 2.20. The molecule has 1 saturated heterocycles. The predicted molar refractivity (Wildman–Crippen MR) is 62.3 cm³/mol. The molecule has 4 nitrogen and oxygen atoms in total. The Kier molecular flexibility index (Phi) is 4.74. The summed E-state index contributed by atoms with van der Waals surface area (Å²) in [5.74, 6) is -0.124. The van der Waals surface area contributed by atoms with Crippen LogP contribution in [0.4, 0.5) is 0 Å². The average Bonchev–Trinajstić information content (AvgIpc) is 2.14. The molecule has 1 aliphatic rings. The van der Waals surface area contributed by atoms with E-state index < -0.39 is 0 Å². The van der Waals surface area contributed by atoms with Crippen molar-refractivity contribution in [1.82, 2.24) is 4.90 Å². The molecule has 0 aromatic rings. The summed E-state index contributed by atoms with van der Waals surface area (Å²) in [6.07, 6.45) is 1.62. The molecule has 0 aromatic heterocycles. The highest BCUT2D eigenvalue weighted by molar-refractivity contribution is 5.69. The van der Waals surface area contributed by atoms with Gasteiger partial charge in [0.1, 0.15) is 0 Å². The molecular weight excluding hydrogens is 206 g/mol. The van der Waals surface area contributed by atoms with Gasteiger partial charge in [-0.05, 0) is 33.7 Å². The monoisotopic (exact) mass is 229 g/mol. The number of esters is 1. The maximum absolute atomic E-state index is 11.0. The molecule has 1 unspecified atom stereocenters.